The molecular formula is C15H25N. The molecule has 1 heteroatoms. The maximum Gasteiger partial charge on any atom is 0.0324 e. The van der Waals surface area contributed by atoms with Crippen molar-refractivity contribution in [3.05, 3.63) is 11.3 Å². The van der Waals surface area contributed by atoms with Gasteiger partial charge in [-0.05, 0) is 44.1 Å². The van der Waals surface area contributed by atoms with Crippen molar-refractivity contribution in [3.63, 3.8) is 0 Å². The highest BCUT2D eigenvalue weighted by atomic mass is 15.0. The van der Waals surface area contributed by atoms with Crippen LogP contribution in [0.5, 0.6) is 0 Å². The Morgan fingerprint density at radius 2 is 1.56 bits per heavy atom. The fraction of sp³-hybridized carbons (Fsp3) is 0.867. The summed E-state index contributed by atoms with van der Waals surface area (Å²) in [6, 6.07) is 0.811. The number of hydrogen-bond acceptors (Lipinski definition) is 1. The van der Waals surface area contributed by atoms with Gasteiger partial charge >= 0.3 is 0 Å². The molecule has 2 unspecified atom stereocenters. The third kappa shape index (κ3) is 1.78. The van der Waals surface area contributed by atoms with E-state index in [1.165, 1.54) is 57.8 Å². The van der Waals surface area contributed by atoms with Crippen LogP contribution in [-0.4, -0.2) is 6.04 Å². The van der Waals surface area contributed by atoms with Crippen molar-refractivity contribution in [2.45, 2.75) is 70.8 Å². The molecule has 0 aromatic rings. The van der Waals surface area contributed by atoms with E-state index in [1.807, 2.05) is 0 Å². The van der Waals surface area contributed by atoms with Crippen LogP contribution in [0.25, 0.3) is 0 Å². The van der Waals surface area contributed by atoms with E-state index in [0.717, 1.165) is 17.9 Å². The standard InChI is InChI=1S/C15H25N/c1-11-13-9-5-6-10-14(13)16-15(11)12-7-3-2-4-8-12/h12-14,16H,2-10H2,1H3. The van der Waals surface area contributed by atoms with Crippen LogP contribution in [-0.2, 0) is 0 Å². The van der Waals surface area contributed by atoms with Crippen molar-refractivity contribution >= 4 is 0 Å². The molecule has 1 nitrogen and oxygen atoms in total. The molecule has 1 N–H and O–H groups in total. The van der Waals surface area contributed by atoms with E-state index in [1.54, 1.807) is 11.3 Å². The predicted octanol–water partition coefficient (Wildman–Crippen LogP) is 4.00. The maximum absolute atomic E-state index is 3.89. The molecule has 0 aromatic heterocycles. The number of rotatable bonds is 1. The van der Waals surface area contributed by atoms with Gasteiger partial charge in [-0.3, -0.25) is 0 Å². The molecule has 1 aliphatic heterocycles. The Hall–Kier alpha value is -0.460. The van der Waals surface area contributed by atoms with Gasteiger partial charge in [-0.15, -0.1) is 0 Å². The molecule has 2 atom stereocenters. The summed E-state index contributed by atoms with van der Waals surface area (Å²) in [5, 5.41) is 3.89. The second kappa shape index (κ2) is 4.43. The molecule has 0 spiro atoms. The molecule has 0 bridgehead atoms. The normalized spacial score (nSPS) is 36.1. The Kier molecular flexibility index (Phi) is 2.95. The Bertz CT molecular complexity index is 286. The third-order valence-electron chi connectivity index (χ3n) is 5.10. The van der Waals surface area contributed by atoms with E-state index in [0.29, 0.717) is 0 Å². The van der Waals surface area contributed by atoms with Gasteiger partial charge in [0.05, 0.1) is 0 Å². The minimum Gasteiger partial charge on any atom is -0.385 e. The van der Waals surface area contributed by atoms with Crippen LogP contribution in [0.2, 0.25) is 0 Å². The first-order chi connectivity index (χ1) is 7.86. The quantitative estimate of drug-likeness (QED) is 0.703. The molecular weight excluding hydrogens is 194 g/mol. The smallest absolute Gasteiger partial charge is 0.0324 e. The van der Waals surface area contributed by atoms with Crippen LogP contribution in [0, 0.1) is 11.8 Å². The van der Waals surface area contributed by atoms with Crippen molar-refractivity contribution < 1.29 is 0 Å². The summed E-state index contributed by atoms with van der Waals surface area (Å²) < 4.78 is 0. The average molecular weight is 219 g/mol. The highest BCUT2D eigenvalue weighted by Gasteiger charge is 2.36. The van der Waals surface area contributed by atoms with Gasteiger partial charge in [0.1, 0.15) is 0 Å². The largest absolute Gasteiger partial charge is 0.385 e. The Morgan fingerprint density at radius 1 is 0.875 bits per heavy atom. The second-order valence-corrected chi connectivity index (χ2v) is 6.07. The summed E-state index contributed by atoms with van der Waals surface area (Å²) in [6.45, 7) is 2.41. The van der Waals surface area contributed by atoms with E-state index in [2.05, 4.69) is 12.2 Å². The molecule has 3 rings (SSSR count). The fourth-order valence-electron chi connectivity index (χ4n) is 4.17. The summed E-state index contributed by atoms with van der Waals surface area (Å²) in [5.41, 5.74) is 3.41. The van der Waals surface area contributed by atoms with Crippen LogP contribution in [0.1, 0.15) is 64.7 Å². The summed E-state index contributed by atoms with van der Waals surface area (Å²) in [6.07, 6.45) is 13.0. The zero-order valence-electron chi connectivity index (χ0n) is 10.6. The van der Waals surface area contributed by atoms with Crippen LogP contribution in [0.4, 0.5) is 0 Å². The van der Waals surface area contributed by atoms with Gasteiger partial charge in [0.25, 0.3) is 0 Å². The number of hydrogen-bond donors (Lipinski definition) is 1. The molecule has 90 valence electrons. The zero-order chi connectivity index (χ0) is 11.0. The average Bonchev–Trinajstić information content (AvgIpc) is 2.69. The Morgan fingerprint density at radius 3 is 2.31 bits per heavy atom. The first-order valence-electron chi connectivity index (χ1n) is 7.33. The predicted molar refractivity (Wildman–Crippen MR) is 68.2 cm³/mol. The van der Waals surface area contributed by atoms with Crippen molar-refractivity contribution in [3.8, 4) is 0 Å². The van der Waals surface area contributed by atoms with Gasteiger partial charge in [-0.1, -0.05) is 32.1 Å². The Balaban J connectivity index is 1.76. The molecule has 0 saturated heterocycles. The number of nitrogens with one attached hydrogen (secondary N) is 1. The maximum atomic E-state index is 3.89. The fourth-order valence-corrected chi connectivity index (χ4v) is 4.17. The third-order valence-corrected chi connectivity index (χ3v) is 5.10. The molecule has 16 heavy (non-hydrogen) atoms. The molecule has 0 amide bonds. The molecule has 0 radical (unpaired) electrons. The topological polar surface area (TPSA) is 12.0 Å². The molecule has 2 aliphatic carbocycles. The highest BCUT2D eigenvalue weighted by molar-refractivity contribution is 5.26. The summed E-state index contributed by atoms with van der Waals surface area (Å²) in [5.74, 6) is 1.78. The van der Waals surface area contributed by atoms with E-state index in [9.17, 15) is 0 Å². The van der Waals surface area contributed by atoms with E-state index in [-0.39, 0.29) is 0 Å². The summed E-state index contributed by atoms with van der Waals surface area (Å²) >= 11 is 0. The first-order valence-corrected chi connectivity index (χ1v) is 7.33. The molecule has 2 fully saturated rings. The number of allylic oxidation sites excluding steroid dienone is 1. The van der Waals surface area contributed by atoms with Gasteiger partial charge in [0.2, 0.25) is 0 Å². The lowest BCUT2D eigenvalue weighted by atomic mass is 9.81. The monoisotopic (exact) mass is 219 g/mol. The van der Waals surface area contributed by atoms with Crippen molar-refractivity contribution in [1.82, 2.24) is 5.32 Å². The van der Waals surface area contributed by atoms with E-state index >= 15 is 0 Å². The van der Waals surface area contributed by atoms with Gasteiger partial charge in [0, 0.05) is 17.7 Å². The lowest BCUT2D eigenvalue weighted by Gasteiger charge is -2.27. The van der Waals surface area contributed by atoms with E-state index in [4.69, 9.17) is 0 Å². The SMILES string of the molecule is CC1=C(C2CCCCC2)NC2CCCCC12. The molecule has 3 aliphatic rings. The zero-order valence-corrected chi connectivity index (χ0v) is 10.6. The first kappa shape index (κ1) is 10.7. The number of fused-ring (bicyclic) bond motifs is 1. The highest BCUT2D eigenvalue weighted by Crippen LogP contribution is 2.41. The van der Waals surface area contributed by atoms with Gasteiger partial charge < -0.3 is 5.32 Å². The minimum absolute atomic E-state index is 0.811. The van der Waals surface area contributed by atoms with Crippen LogP contribution < -0.4 is 5.32 Å². The lowest BCUT2D eigenvalue weighted by molar-refractivity contribution is 0.329. The van der Waals surface area contributed by atoms with Crippen molar-refractivity contribution in [2.75, 3.05) is 0 Å². The van der Waals surface area contributed by atoms with Crippen LogP contribution in [0.15, 0.2) is 11.3 Å². The van der Waals surface area contributed by atoms with Crippen molar-refractivity contribution in [1.29, 1.82) is 0 Å². The van der Waals surface area contributed by atoms with Gasteiger partial charge in [-0.2, -0.15) is 0 Å². The van der Waals surface area contributed by atoms with Crippen LogP contribution in [0.3, 0.4) is 0 Å². The van der Waals surface area contributed by atoms with Gasteiger partial charge in [-0.25, -0.2) is 0 Å². The second-order valence-electron chi connectivity index (χ2n) is 6.07. The minimum atomic E-state index is 0.811. The molecule has 2 saturated carbocycles. The molecule has 1 heterocycles. The Labute approximate surface area is 99.7 Å². The van der Waals surface area contributed by atoms with Crippen LogP contribution >= 0.6 is 0 Å². The van der Waals surface area contributed by atoms with Crippen molar-refractivity contribution in [2.24, 2.45) is 11.8 Å². The van der Waals surface area contributed by atoms with Gasteiger partial charge in [0.15, 0.2) is 0 Å². The molecule has 0 aromatic carbocycles. The van der Waals surface area contributed by atoms with E-state index < -0.39 is 0 Å². The summed E-state index contributed by atoms with van der Waals surface area (Å²) in [4.78, 5) is 0. The summed E-state index contributed by atoms with van der Waals surface area (Å²) in [7, 11) is 0. The lowest BCUT2D eigenvalue weighted by Crippen LogP contribution is -2.32.